The minimum absolute atomic E-state index is 0.104. The summed E-state index contributed by atoms with van der Waals surface area (Å²) in [7, 11) is 0. The summed E-state index contributed by atoms with van der Waals surface area (Å²) in [6.45, 7) is 5.61. The molecule has 76 valence electrons. The van der Waals surface area contributed by atoms with Gasteiger partial charge in [-0.1, -0.05) is 13.8 Å². The Labute approximate surface area is 78.9 Å². The molecule has 0 heterocycles. The van der Waals surface area contributed by atoms with Crippen molar-refractivity contribution in [3.05, 3.63) is 0 Å². The van der Waals surface area contributed by atoms with Crippen molar-refractivity contribution < 1.29 is 9.59 Å². The van der Waals surface area contributed by atoms with Crippen LogP contribution in [0.3, 0.4) is 0 Å². The Bertz CT molecular complexity index is 192. The summed E-state index contributed by atoms with van der Waals surface area (Å²) >= 11 is 0. The van der Waals surface area contributed by atoms with E-state index in [9.17, 15) is 9.59 Å². The molecule has 0 aromatic rings. The van der Waals surface area contributed by atoms with Crippen LogP contribution in [-0.2, 0) is 9.59 Å². The average molecular weight is 186 g/mol. The largest absolute Gasteiger partial charge is 0.370 e. The molecule has 0 saturated carbocycles. The topological polar surface area (TPSA) is 72.2 Å². The molecule has 0 aliphatic rings. The summed E-state index contributed by atoms with van der Waals surface area (Å²) < 4.78 is 0. The van der Waals surface area contributed by atoms with Crippen molar-refractivity contribution >= 4 is 11.8 Å². The highest BCUT2D eigenvalue weighted by Gasteiger charge is 2.16. The first-order valence-electron chi connectivity index (χ1n) is 4.56. The molecule has 2 amide bonds. The first-order chi connectivity index (χ1) is 5.97. The van der Waals surface area contributed by atoms with Crippen molar-refractivity contribution in [2.75, 3.05) is 0 Å². The van der Waals surface area contributed by atoms with E-state index in [2.05, 4.69) is 5.32 Å². The second-order valence-electron chi connectivity index (χ2n) is 3.39. The lowest BCUT2D eigenvalue weighted by molar-refractivity contribution is -0.129. The number of hydrogen-bond acceptors (Lipinski definition) is 2. The standard InChI is InChI=1S/C9H18N2O2/c1-4-7(3)11-9(13)6(2)5-8(10)12/h6-7H,4-5H2,1-3H3,(H2,10,12)(H,11,13). The minimum atomic E-state index is -0.438. The lowest BCUT2D eigenvalue weighted by atomic mass is 10.1. The van der Waals surface area contributed by atoms with Gasteiger partial charge < -0.3 is 11.1 Å². The molecule has 0 aromatic heterocycles. The third-order valence-corrected chi connectivity index (χ3v) is 1.96. The fraction of sp³-hybridized carbons (Fsp3) is 0.778. The van der Waals surface area contributed by atoms with Crippen molar-refractivity contribution in [2.24, 2.45) is 11.7 Å². The lowest BCUT2D eigenvalue weighted by Crippen LogP contribution is -2.37. The maximum atomic E-state index is 11.3. The Morgan fingerprint density at radius 2 is 1.92 bits per heavy atom. The van der Waals surface area contributed by atoms with Gasteiger partial charge in [-0.15, -0.1) is 0 Å². The van der Waals surface area contributed by atoms with Crippen molar-refractivity contribution in [3.8, 4) is 0 Å². The first-order valence-corrected chi connectivity index (χ1v) is 4.56. The van der Waals surface area contributed by atoms with Crippen LogP contribution in [0.25, 0.3) is 0 Å². The quantitative estimate of drug-likeness (QED) is 0.652. The fourth-order valence-corrected chi connectivity index (χ4v) is 0.882. The predicted molar refractivity (Wildman–Crippen MR) is 50.9 cm³/mol. The number of carbonyl (C=O) groups excluding carboxylic acids is 2. The van der Waals surface area contributed by atoms with Crippen LogP contribution in [0.2, 0.25) is 0 Å². The monoisotopic (exact) mass is 186 g/mol. The molecule has 4 nitrogen and oxygen atoms in total. The molecule has 0 radical (unpaired) electrons. The van der Waals surface area contributed by atoms with Gasteiger partial charge in [-0.3, -0.25) is 9.59 Å². The van der Waals surface area contributed by atoms with Gasteiger partial charge in [0.15, 0.2) is 0 Å². The van der Waals surface area contributed by atoms with E-state index in [1.807, 2.05) is 13.8 Å². The van der Waals surface area contributed by atoms with Gasteiger partial charge in [-0.25, -0.2) is 0 Å². The number of carbonyl (C=O) groups is 2. The van der Waals surface area contributed by atoms with Crippen LogP contribution in [0.1, 0.15) is 33.6 Å². The van der Waals surface area contributed by atoms with Gasteiger partial charge >= 0.3 is 0 Å². The zero-order valence-corrected chi connectivity index (χ0v) is 8.46. The van der Waals surface area contributed by atoms with Crippen molar-refractivity contribution in [1.29, 1.82) is 0 Å². The van der Waals surface area contributed by atoms with Crippen LogP contribution >= 0.6 is 0 Å². The number of primary amides is 1. The molecule has 4 heteroatoms. The van der Waals surface area contributed by atoms with E-state index in [0.29, 0.717) is 0 Å². The van der Waals surface area contributed by atoms with Gasteiger partial charge in [0.25, 0.3) is 0 Å². The second kappa shape index (κ2) is 5.56. The number of rotatable bonds is 5. The zero-order valence-electron chi connectivity index (χ0n) is 8.46. The van der Waals surface area contributed by atoms with E-state index < -0.39 is 5.91 Å². The summed E-state index contributed by atoms with van der Waals surface area (Å²) in [6.07, 6.45) is 0.997. The molecular weight excluding hydrogens is 168 g/mol. The second-order valence-corrected chi connectivity index (χ2v) is 3.39. The highest BCUT2D eigenvalue weighted by atomic mass is 16.2. The van der Waals surface area contributed by atoms with E-state index >= 15 is 0 Å². The lowest BCUT2D eigenvalue weighted by Gasteiger charge is -2.14. The van der Waals surface area contributed by atoms with Gasteiger partial charge in [-0.2, -0.15) is 0 Å². The molecule has 0 fully saturated rings. The van der Waals surface area contributed by atoms with Crippen LogP contribution in [0.4, 0.5) is 0 Å². The summed E-state index contributed by atoms with van der Waals surface area (Å²) in [5, 5.41) is 2.79. The number of nitrogens with two attached hydrogens (primary N) is 1. The Morgan fingerprint density at radius 3 is 2.31 bits per heavy atom. The molecule has 0 spiro atoms. The highest BCUT2D eigenvalue weighted by molar-refractivity contribution is 5.84. The van der Waals surface area contributed by atoms with Gasteiger partial charge in [0.05, 0.1) is 0 Å². The van der Waals surface area contributed by atoms with Crippen molar-refractivity contribution in [1.82, 2.24) is 5.32 Å². The highest BCUT2D eigenvalue weighted by Crippen LogP contribution is 2.01. The summed E-state index contributed by atoms with van der Waals surface area (Å²) in [4.78, 5) is 21.8. The van der Waals surface area contributed by atoms with E-state index in [0.717, 1.165) is 6.42 Å². The van der Waals surface area contributed by atoms with E-state index in [4.69, 9.17) is 5.73 Å². The molecule has 2 atom stereocenters. The van der Waals surface area contributed by atoms with Crippen LogP contribution in [0, 0.1) is 5.92 Å². The third-order valence-electron chi connectivity index (χ3n) is 1.96. The third kappa shape index (κ3) is 5.22. The Balaban J connectivity index is 3.89. The zero-order chi connectivity index (χ0) is 10.4. The molecule has 0 saturated heterocycles. The minimum Gasteiger partial charge on any atom is -0.370 e. The molecule has 0 bridgehead atoms. The van der Waals surface area contributed by atoms with E-state index in [1.165, 1.54) is 0 Å². The average Bonchev–Trinajstić information content (AvgIpc) is 2.02. The van der Waals surface area contributed by atoms with Crippen LogP contribution in [0.15, 0.2) is 0 Å². The molecule has 0 aromatic carbocycles. The van der Waals surface area contributed by atoms with Crippen LogP contribution in [-0.4, -0.2) is 17.9 Å². The summed E-state index contributed by atoms with van der Waals surface area (Å²) in [6, 6.07) is 0.155. The van der Waals surface area contributed by atoms with Crippen LogP contribution in [0.5, 0.6) is 0 Å². The predicted octanol–water partition coefficient (Wildman–Crippen LogP) is 0.413. The van der Waals surface area contributed by atoms with Gasteiger partial charge in [0.1, 0.15) is 0 Å². The maximum Gasteiger partial charge on any atom is 0.223 e. The number of hydrogen-bond donors (Lipinski definition) is 2. The van der Waals surface area contributed by atoms with Gasteiger partial charge in [0, 0.05) is 18.4 Å². The van der Waals surface area contributed by atoms with Crippen molar-refractivity contribution in [2.45, 2.75) is 39.7 Å². The smallest absolute Gasteiger partial charge is 0.223 e. The fourth-order valence-electron chi connectivity index (χ4n) is 0.882. The molecule has 3 N–H and O–H groups in total. The molecule has 0 aliphatic carbocycles. The SMILES string of the molecule is CCC(C)NC(=O)C(C)CC(N)=O. The van der Waals surface area contributed by atoms with Gasteiger partial charge in [-0.05, 0) is 13.3 Å². The number of nitrogens with one attached hydrogen (secondary N) is 1. The summed E-state index contributed by atoms with van der Waals surface area (Å²) in [5.41, 5.74) is 4.98. The maximum absolute atomic E-state index is 11.3. The Morgan fingerprint density at radius 1 is 1.38 bits per heavy atom. The molecular formula is C9H18N2O2. The Hall–Kier alpha value is -1.06. The molecule has 0 rings (SSSR count). The number of amides is 2. The van der Waals surface area contributed by atoms with E-state index in [1.54, 1.807) is 6.92 Å². The summed E-state index contributed by atoms with van der Waals surface area (Å²) in [5.74, 6) is -0.869. The van der Waals surface area contributed by atoms with Gasteiger partial charge in [0.2, 0.25) is 11.8 Å². The molecule has 0 aliphatic heterocycles. The first kappa shape index (κ1) is 11.9. The van der Waals surface area contributed by atoms with Crippen LogP contribution < -0.4 is 11.1 Å². The molecule has 2 unspecified atom stereocenters. The molecule has 13 heavy (non-hydrogen) atoms. The van der Waals surface area contributed by atoms with E-state index in [-0.39, 0.29) is 24.3 Å². The van der Waals surface area contributed by atoms with Crippen molar-refractivity contribution in [3.63, 3.8) is 0 Å². The Kier molecular flexibility index (Phi) is 5.11. The normalized spacial score (nSPS) is 14.7.